The molecule has 0 amide bonds. The monoisotopic (exact) mass is 494 g/mol. The fourth-order valence-electron chi connectivity index (χ4n) is 4.78. The van der Waals surface area contributed by atoms with Gasteiger partial charge in [0.1, 0.15) is 5.75 Å². The van der Waals surface area contributed by atoms with Gasteiger partial charge in [-0.25, -0.2) is 4.79 Å². The molecule has 0 saturated carbocycles. The number of nitrogens with zero attached hydrogens (tertiary/aromatic N) is 5. The van der Waals surface area contributed by atoms with Crippen molar-refractivity contribution < 1.29 is 4.74 Å². The van der Waals surface area contributed by atoms with Gasteiger partial charge in [0.15, 0.2) is 0 Å². The maximum absolute atomic E-state index is 13.7. The van der Waals surface area contributed by atoms with Gasteiger partial charge < -0.3 is 4.74 Å². The van der Waals surface area contributed by atoms with E-state index in [9.17, 15) is 4.79 Å². The van der Waals surface area contributed by atoms with Crippen molar-refractivity contribution in [2.24, 2.45) is 0 Å². The largest absolute Gasteiger partial charge is 0.495 e. The number of aromatic nitrogens is 6. The van der Waals surface area contributed by atoms with Gasteiger partial charge in [-0.05, 0) is 46.4 Å². The van der Waals surface area contributed by atoms with Gasteiger partial charge in [0.2, 0.25) is 5.82 Å². The average Bonchev–Trinajstić information content (AvgIpc) is 3.58. The number of aryl methyl sites for hydroxylation is 2. The Bertz CT molecular complexity index is 1530. The van der Waals surface area contributed by atoms with E-state index in [1.165, 1.54) is 0 Å². The molecule has 2 aromatic heterocycles. The van der Waals surface area contributed by atoms with Crippen LogP contribution < -0.4 is 10.4 Å². The normalized spacial score (nSPS) is 11.1. The molecule has 0 atom stereocenters. The van der Waals surface area contributed by atoms with Crippen molar-refractivity contribution in [2.75, 3.05) is 7.11 Å². The summed E-state index contributed by atoms with van der Waals surface area (Å²) in [5.74, 6) is 1.26. The Morgan fingerprint density at radius 3 is 2.41 bits per heavy atom. The van der Waals surface area contributed by atoms with Gasteiger partial charge in [-0.3, -0.25) is 9.13 Å². The van der Waals surface area contributed by atoms with Crippen LogP contribution in [0, 0.1) is 0 Å². The second-order valence-electron chi connectivity index (χ2n) is 8.91. The summed E-state index contributed by atoms with van der Waals surface area (Å²) in [6, 6.07) is 22.2. The number of nitrogens with one attached hydrogen (secondary N) is 1. The maximum atomic E-state index is 13.7. The summed E-state index contributed by atoms with van der Waals surface area (Å²) in [7, 11) is 1.64. The third kappa shape index (κ3) is 4.70. The van der Waals surface area contributed by atoms with Gasteiger partial charge in [-0.2, -0.15) is 5.21 Å². The molecule has 0 saturated heterocycles. The highest BCUT2D eigenvalue weighted by atomic mass is 16.5. The number of benzene rings is 3. The number of methoxy groups -OCH3 is 1. The zero-order valence-electron chi connectivity index (χ0n) is 21.3. The first-order valence-electron chi connectivity index (χ1n) is 12.5. The zero-order valence-corrected chi connectivity index (χ0v) is 21.3. The van der Waals surface area contributed by atoms with E-state index in [0.717, 1.165) is 58.5 Å². The Morgan fingerprint density at radius 2 is 1.73 bits per heavy atom. The van der Waals surface area contributed by atoms with E-state index in [2.05, 4.69) is 58.7 Å². The number of tetrazole rings is 1. The summed E-state index contributed by atoms with van der Waals surface area (Å²) >= 11 is 0. The van der Waals surface area contributed by atoms with E-state index in [0.29, 0.717) is 18.1 Å². The number of imidazole rings is 1. The molecule has 5 rings (SSSR count). The third-order valence-electron chi connectivity index (χ3n) is 6.61. The third-order valence-corrected chi connectivity index (χ3v) is 6.61. The van der Waals surface area contributed by atoms with Crippen molar-refractivity contribution in [3.63, 3.8) is 0 Å². The van der Waals surface area contributed by atoms with Crippen LogP contribution in [-0.4, -0.2) is 36.9 Å². The fraction of sp³-hybridized carbons (Fsp3) is 0.241. The summed E-state index contributed by atoms with van der Waals surface area (Å²) in [5.41, 5.74) is 6.87. The van der Waals surface area contributed by atoms with E-state index in [-0.39, 0.29) is 5.69 Å². The first kappa shape index (κ1) is 24.2. The lowest BCUT2D eigenvalue weighted by Gasteiger charge is -2.13. The van der Waals surface area contributed by atoms with E-state index in [4.69, 9.17) is 4.74 Å². The van der Waals surface area contributed by atoms with Gasteiger partial charge in [-0.15, -0.1) is 10.2 Å². The molecule has 0 bridgehead atoms. The van der Waals surface area contributed by atoms with Crippen molar-refractivity contribution in [3.05, 3.63) is 100 Å². The number of para-hydroxylation sites is 1. The molecule has 8 heteroatoms. The molecule has 3 aromatic carbocycles. The van der Waals surface area contributed by atoms with Crippen molar-refractivity contribution in [2.45, 2.75) is 39.7 Å². The van der Waals surface area contributed by atoms with Crippen LogP contribution in [0.4, 0.5) is 0 Å². The van der Waals surface area contributed by atoms with Crippen LogP contribution in [0.1, 0.15) is 37.1 Å². The van der Waals surface area contributed by atoms with E-state index >= 15 is 0 Å². The van der Waals surface area contributed by atoms with Crippen molar-refractivity contribution in [1.29, 1.82) is 0 Å². The predicted octanol–water partition coefficient (Wildman–Crippen LogP) is 5.06. The van der Waals surface area contributed by atoms with E-state index in [1.807, 2.05) is 53.2 Å². The van der Waals surface area contributed by atoms with E-state index < -0.39 is 0 Å². The van der Waals surface area contributed by atoms with Crippen LogP contribution in [-0.2, 0) is 19.4 Å². The molecule has 0 aliphatic heterocycles. The molecule has 0 spiro atoms. The number of hydrogen-bond donors (Lipinski definition) is 1. The average molecular weight is 495 g/mol. The zero-order chi connectivity index (χ0) is 25.8. The molecule has 0 aliphatic rings. The van der Waals surface area contributed by atoms with Crippen molar-refractivity contribution in [3.8, 4) is 34.0 Å². The summed E-state index contributed by atoms with van der Waals surface area (Å²) < 4.78 is 9.25. The second-order valence-corrected chi connectivity index (χ2v) is 8.91. The summed E-state index contributed by atoms with van der Waals surface area (Å²) in [4.78, 5) is 13.7. The molecule has 2 heterocycles. The lowest BCUT2D eigenvalue weighted by molar-refractivity contribution is 0.412. The Hall–Kier alpha value is -4.46. The van der Waals surface area contributed by atoms with Gasteiger partial charge in [0.25, 0.3) is 0 Å². The number of hydrogen-bond acceptors (Lipinski definition) is 5. The Balaban J connectivity index is 1.51. The highest BCUT2D eigenvalue weighted by Gasteiger charge is 2.18. The predicted molar refractivity (Wildman–Crippen MR) is 144 cm³/mol. The minimum atomic E-state index is -0.0609. The smallest absolute Gasteiger partial charge is 0.333 e. The van der Waals surface area contributed by atoms with E-state index in [1.54, 1.807) is 11.7 Å². The Labute approximate surface area is 215 Å². The molecule has 0 radical (unpaired) electrons. The Kier molecular flexibility index (Phi) is 6.98. The fourth-order valence-corrected chi connectivity index (χ4v) is 4.78. The molecule has 5 aromatic rings. The molecule has 8 nitrogen and oxygen atoms in total. The van der Waals surface area contributed by atoms with Crippen molar-refractivity contribution >= 4 is 0 Å². The first-order chi connectivity index (χ1) is 18.1. The van der Waals surface area contributed by atoms with Crippen LogP contribution >= 0.6 is 0 Å². The number of H-pyrrole nitrogens is 1. The quantitative estimate of drug-likeness (QED) is 0.309. The molecule has 37 heavy (non-hydrogen) atoms. The SMILES string of the molecule is CCCc1cn(-c2c(CC)cccc2OC)c(=O)n1Cc1ccc(-c2ccccc2-c2nn[nH]n2)cc1. The summed E-state index contributed by atoms with van der Waals surface area (Å²) in [5, 5.41) is 14.5. The minimum Gasteiger partial charge on any atom is -0.495 e. The molecule has 0 fully saturated rings. The first-order valence-corrected chi connectivity index (χ1v) is 12.5. The summed E-state index contributed by atoms with van der Waals surface area (Å²) in [6.45, 7) is 4.71. The molecule has 0 unspecified atom stereocenters. The molecular formula is C29H30N6O2. The lowest BCUT2D eigenvalue weighted by Crippen LogP contribution is -2.25. The highest BCUT2D eigenvalue weighted by Crippen LogP contribution is 2.30. The maximum Gasteiger partial charge on any atom is 0.333 e. The van der Waals surface area contributed by atoms with Gasteiger partial charge in [-0.1, -0.05) is 80.9 Å². The van der Waals surface area contributed by atoms with Gasteiger partial charge in [0.05, 0.1) is 19.3 Å². The van der Waals surface area contributed by atoms with Crippen LogP contribution in [0.3, 0.4) is 0 Å². The molecule has 0 aliphatic carbocycles. The standard InChI is InChI=1S/C29H30N6O2/c1-4-9-23-19-35(27-21(5-2)10-8-13-26(27)37-3)29(36)34(23)18-20-14-16-22(17-15-20)24-11-6-7-12-25(24)28-30-32-33-31-28/h6-8,10-17,19H,4-5,9,18H2,1-3H3,(H,30,31,32,33). The minimum absolute atomic E-state index is 0.0609. The molecule has 1 N–H and O–H groups in total. The second kappa shape index (κ2) is 10.7. The van der Waals surface area contributed by atoms with Gasteiger partial charge >= 0.3 is 5.69 Å². The van der Waals surface area contributed by atoms with Crippen molar-refractivity contribution in [1.82, 2.24) is 29.8 Å². The van der Waals surface area contributed by atoms with Crippen LogP contribution in [0.5, 0.6) is 5.75 Å². The number of rotatable bonds is 9. The van der Waals surface area contributed by atoms with Crippen LogP contribution in [0.2, 0.25) is 0 Å². The van der Waals surface area contributed by atoms with Crippen LogP contribution in [0.25, 0.3) is 28.2 Å². The van der Waals surface area contributed by atoms with Gasteiger partial charge in [0, 0.05) is 17.5 Å². The summed E-state index contributed by atoms with van der Waals surface area (Å²) in [6.07, 6.45) is 4.54. The molecule has 188 valence electrons. The number of aromatic amines is 1. The number of ether oxygens (including phenoxy) is 1. The molecular weight excluding hydrogens is 464 g/mol. The Morgan fingerprint density at radius 1 is 0.946 bits per heavy atom. The topological polar surface area (TPSA) is 90.6 Å². The lowest BCUT2D eigenvalue weighted by atomic mass is 9.98. The van der Waals surface area contributed by atoms with Crippen LogP contribution in [0.15, 0.2) is 77.7 Å². The highest BCUT2D eigenvalue weighted by molar-refractivity contribution is 5.80.